The number of carboxylic acids is 1. The Hall–Kier alpha value is -3.15. The highest BCUT2D eigenvalue weighted by Crippen LogP contribution is 2.32. The molecule has 0 aliphatic rings. The van der Waals surface area contributed by atoms with E-state index >= 15 is 0 Å². The Morgan fingerprint density at radius 2 is 1.66 bits per heavy atom. The lowest BCUT2D eigenvalue weighted by Crippen LogP contribution is -2.86. The molecule has 0 radical (unpaired) electrons. The maximum absolute atomic E-state index is 11.8. The topological polar surface area (TPSA) is 175 Å². The first-order valence-corrected chi connectivity index (χ1v) is 11.8. The molecule has 10 nitrogen and oxygen atoms in total. The molecule has 0 bridgehead atoms. The largest absolute Gasteiger partial charge is 0.493 e. The third-order valence-electron chi connectivity index (χ3n) is 5.15. The Kier molecular flexibility index (Phi) is 9.64. The SMILES string of the molecule is CCc1ccc2oc(-c3ccc(OC)c(OC)c3)cc(=[NH+]C(C(=O)O)C(C)C)c2c1.[O-][Cl+3]([O-])([O-])[O-]. The minimum absolute atomic E-state index is 0.0893. The second-order valence-electron chi connectivity index (χ2n) is 7.86. The lowest BCUT2D eigenvalue weighted by Gasteiger charge is -2.17. The quantitative estimate of drug-likeness (QED) is 0.365. The minimum atomic E-state index is -4.94. The number of methoxy groups -OCH3 is 2. The van der Waals surface area contributed by atoms with E-state index in [0.717, 1.165) is 28.3 Å². The summed E-state index contributed by atoms with van der Waals surface area (Å²) in [5.74, 6) is 0.834. The van der Waals surface area contributed by atoms with E-state index in [0.29, 0.717) is 22.8 Å². The molecule has 1 atom stereocenters. The fourth-order valence-corrected chi connectivity index (χ4v) is 3.39. The molecule has 0 saturated carbocycles. The highest BCUT2D eigenvalue weighted by Gasteiger charge is 2.26. The number of ether oxygens (including phenoxy) is 2. The summed E-state index contributed by atoms with van der Waals surface area (Å²) in [5.41, 5.74) is 2.62. The fourth-order valence-electron chi connectivity index (χ4n) is 3.39. The second kappa shape index (κ2) is 12.0. The molecular formula is C24H28ClNO9. The first kappa shape index (κ1) is 28.1. The third-order valence-corrected chi connectivity index (χ3v) is 5.15. The normalized spacial score (nSPS) is 12.8. The van der Waals surface area contributed by atoms with Crippen molar-refractivity contribution in [2.45, 2.75) is 33.2 Å². The Labute approximate surface area is 204 Å². The van der Waals surface area contributed by atoms with Crippen molar-refractivity contribution in [3.05, 3.63) is 53.4 Å². The first-order chi connectivity index (χ1) is 16.4. The van der Waals surface area contributed by atoms with Crippen molar-refractivity contribution in [3.63, 3.8) is 0 Å². The average Bonchev–Trinajstić information content (AvgIpc) is 2.79. The molecular weight excluding hydrogens is 482 g/mol. The molecule has 1 unspecified atom stereocenters. The predicted octanol–water partition coefficient (Wildman–Crippen LogP) is -1.99. The Bertz CT molecular complexity index is 1230. The molecule has 0 aliphatic heterocycles. The monoisotopic (exact) mass is 509 g/mol. The standard InChI is InChI=1S/C24H27NO5.ClHO4/c1-6-15-7-9-19-17(11-15)18(25-23(14(2)3)24(26)27)13-21(30-19)16-8-10-20(28-4)22(12-16)29-5;2-1(3,4)5/h7-14,23H,6H2,1-5H3,(H,26,27);(H,2,3,4,5). The highest BCUT2D eigenvalue weighted by molar-refractivity contribution is 5.79. The smallest absolute Gasteiger partial charge is 0.373 e. The molecule has 11 heteroatoms. The number of aliphatic carboxylic acids is 1. The maximum atomic E-state index is 11.8. The molecule has 2 aromatic carbocycles. The van der Waals surface area contributed by atoms with Gasteiger partial charge in [0.1, 0.15) is 11.3 Å². The van der Waals surface area contributed by atoms with Crippen molar-refractivity contribution in [1.29, 1.82) is 0 Å². The van der Waals surface area contributed by atoms with Crippen molar-refractivity contribution in [1.82, 2.24) is 0 Å². The van der Waals surface area contributed by atoms with Crippen LogP contribution in [0.4, 0.5) is 0 Å². The Morgan fingerprint density at radius 1 is 1.03 bits per heavy atom. The summed E-state index contributed by atoms with van der Waals surface area (Å²) < 4.78 is 50.9. The summed E-state index contributed by atoms with van der Waals surface area (Å²) >= 11 is 0. The average molecular weight is 510 g/mol. The van der Waals surface area contributed by atoms with Crippen LogP contribution in [0.1, 0.15) is 26.3 Å². The van der Waals surface area contributed by atoms with E-state index in [2.05, 4.69) is 11.9 Å². The molecule has 35 heavy (non-hydrogen) atoms. The van der Waals surface area contributed by atoms with Crippen molar-refractivity contribution in [2.75, 3.05) is 14.2 Å². The first-order valence-electron chi connectivity index (χ1n) is 10.6. The number of hydrogen-bond donors (Lipinski definition) is 2. The zero-order valence-corrected chi connectivity index (χ0v) is 20.8. The number of carbonyl (C=O) groups is 1. The van der Waals surface area contributed by atoms with Crippen LogP contribution >= 0.6 is 0 Å². The van der Waals surface area contributed by atoms with Crippen molar-refractivity contribution in [3.8, 4) is 22.8 Å². The van der Waals surface area contributed by atoms with Gasteiger partial charge in [-0.1, -0.05) is 26.8 Å². The van der Waals surface area contributed by atoms with E-state index in [9.17, 15) is 9.90 Å². The van der Waals surface area contributed by atoms with Gasteiger partial charge in [-0.2, -0.15) is 0 Å². The van der Waals surface area contributed by atoms with Crippen molar-refractivity contribution in [2.24, 2.45) is 5.92 Å². The number of fused-ring (bicyclic) bond motifs is 1. The van der Waals surface area contributed by atoms with Crippen LogP contribution in [0.25, 0.3) is 22.3 Å². The van der Waals surface area contributed by atoms with Gasteiger partial charge in [0.2, 0.25) is 11.4 Å². The van der Waals surface area contributed by atoms with Crippen LogP contribution in [0.5, 0.6) is 11.5 Å². The van der Waals surface area contributed by atoms with Crippen LogP contribution in [0, 0.1) is 16.2 Å². The molecule has 1 heterocycles. The van der Waals surface area contributed by atoms with Crippen molar-refractivity contribution >= 4 is 16.9 Å². The van der Waals surface area contributed by atoms with Gasteiger partial charge in [0.25, 0.3) is 0 Å². The van der Waals surface area contributed by atoms with Gasteiger partial charge in [-0.15, -0.1) is 10.2 Å². The summed E-state index contributed by atoms with van der Waals surface area (Å²) in [6.07, 6.45) is 0.874. The zero-order valence-electron chi connectivity index (χ0n) is 20.0. The molecule has 0 amide bonds. The highest BCUT2D eigenvalue weighted by atomic mass is 35.7. The zero-order chi connectivity index (χ0) is 26.3. The number of aryl methyl sites for hydroxylation is 1. The maximum Gasteiger partial charge on any atom is 0.373 e. The van der Waals surface area contributed by atoms with Crippen LogP contribution in [0.2, 0.25) is 0 Å². The van der Waals surface area contributed by atoms with Gasteiger partial charge in [0.15, 0.2) is 11.5 Å². The number of nitrogens with one attached hydrogen (secondary N) is 1. The number of halogens is 1. The Morgan fingerprint density at radius 3 is 2.17 bits per heavy atom. The van der Waals surface area contributed by atoms with E-state index in [-0.39, 0.29) is 5.92 Å². The van der Waals surface area contributed by atoms with Crippen LogP contribution in [-0.2, 0) is 11.2 Å². The summed E-state index contributed by atoms with van der Waals surface area (Å²) in [4.78, 5) is 15.0. The van der Waals surface area contributed by atoms with Gasteiger partial charge < -0.3 is 19.0 Å². The summed E-state index contributed by atoms with van der Waals surface area (Å²) in [7, 11) is -1.78. The molecule has 3 aromatic rings. The molecule has 1 aromatic heterocycles. The molecule has 190 valence electrons. The van der Waals surface area contributed by atoms with Gasteiger partial charge in [-0.3, -0.25) is 0 Å². The molecule has 0 spiro atoms. The van der Waals surface area contributed by atoms with Crippen LogP contribution in [0.3, 0.4) is 0 Å². The van der Waals surface area contributed by atoms with E-state index in [1.54, 1.807) is 14.2 Å². The Balaban J connectivity index is 0.000000784. The third kappa shape index (κ3) is 7.94. The second-order valence-corrected chi connectivity index (χ2v) is 8.62. The fraction of sp³-hybridized carbons (Fsp3) is 0.333. The van der Waals surface area contributed by atoms with Crippen molar-refractivity contribution < 1.29 is 57.7 Å². The molecule has 0 fully saturated rings. The molecule has 0 saturated heterocycles. The molecule has 3 rings (SSSR count). The molecule has 0 aliphatic carbocycles. The summed E-state index contributed by atoms with van der Waals surface area (Å²) in [5, 5.41) is 11.2. The van der Waals surface area contributed by atoms with Gasteiger partial charge in [-0.05, 0) is 42.3 Å². The van der Waals surface area contributed by atoms with E-state index in [4.69, 9.17) is 32.5 Å². The van der Waals surface area contributed by atoms with Gasteiger partial charge >= 0.3 is 5.97 Å². The number of carboxylic acid groups (broad SMARTS) is 1. The van der Waals surface area contributed by atoms with Gasteiger partial charge in [-0.25, -0.2) is 28.4 Å². The minimum Gasteiger partial charge on any atom is -0.493 e. The van der Waals surface area contributed by atoms with Gasteiger partial charge in [0.05, 0.1) is 25.7 Å². The predicted molar refractivity (Wildman–Crippen MR) is 114 cm³/mol. The van der Waals surface area contributed by atoms with E-state index in [1.807, 2.05) is 56.3 Å². The van der Waals surface area contributed by atoms with Crippen LogP contribution in [-0.4, -0.2) is 31.3 Å². The van der Waals surface area contributed by atoms with Gasteiger partial charge in [0, 0.05) is 11.5 Å². The lowest BCUT2D eigenvalue weighted by atomic mass is 10.0. The number of hydrogen-bond acceptors (Lipinski definition) is 8. The van der Waals surface area contributed by atoms with E-state index < -0.39 is 22.3 Å². The summed E-state index contributed by atoms with van der Waals surface area (Å²) in [6, 6.07) is 12.6. The number of benzene rings is 2. The summed E-state index contributed by atoms with van der Waals surface area (Å²) in [6.45, 7) is 5.85. The van der Waals surface area contributed by atoms with Crippen LogP contribution in [0.15, 0.2) is 46.9 Å². The van der Waals surface area contributed by atoms with Crippen LogP contribution < -0.4 is 38.5 Å². The van der Waals surface area contributed by atoms with E-state index in [1.165, 1.54) is 0 Å². The lowest BCUT2D eigenvalue weighted by molar-refractivity contribution is -2.00. The number of rotatable bonds is 7. The molecule has 2 N–H and O–H groups in total.